The standard InChI is InChI=1S/C12H21ClO/c1-10(13)3-4-11-5-8-14-12(9-11)6-2-7-12/h10-11H,2-9H2,1H3. The molecule has 0 bridgehead atoms. The van der Waals surface area contributed by atoms with Crippen LogP contribution in [0.15, 0.2) is 0 Å². The predicted octanol–water partition coefficient (Wildman–Crippen LogP) is 3.74. The van der Waals surface area contributed by atoms with Crippen molar-refractivity contribution in [3.05, 3.63) is 0 Å². The third-order valence-corrected chi connectivity index (χ3v) is 4.05. The largest absolute Gasteiger partial charge is 0.375 e. The minimum atomic E-state index is 0.318. The smallest absolute Gasteiger partial charge is 0.0685 e. The number of rotatable bonds is 3. The van der Waals surface area contributed by atoms with Gasteiger partial charge in [0.1, 0.15) is 0 Å². The quantitative estimate of drug-likeness (QED) is 0.653. The summed E-state index contributed by atoms with van der Waals surface area (Å²) in [6, 6.07) is 0. The van der Waals surface area contributed by atoms with Crippen molar-refractivity contribution < 1.29 is 4.74 Å². The third kappa shape index (κ3) is 2.43. The second-order valence-corrected chi connectivity index (χ2v) is 5.85. The average Bonchev–Trinajstić information content (AvgIpc) is 2.13. The number of hydrogen-bond acceptors (Lipinski definition) is 1. The fraction of sp³-hybridized carbons (Fsp3) is 1.00. The Labute approximate surface area is 92.2 Å². The first kappa shape index (κ1) is 10.8. The molecule has 0 aromatic heterocycles. The maximum Gasteiger partial charge on any atom is 0.0685 e. The molecule has 0 radical (unpaired) electrons. The molecular weight excluding hydrogens is 196 g/mol. The van der Waals surface area contributed by atoms with E-state index in [1.807, 2.05) is 0 Å². The summed E-state index contributed by atoms with van der Waals surface area (Å²) in [4.78, 5) is 0. The Morgan fingerprint density at radius 2 is 2.29 bits per heavy atom. The van der Waals surface area contributed by atoms with Crippen molar-refractivity contribution in [2.24, 2.45) is 5.92 Å². The molecule has 14 heavy (non-hydrogen) atoms. The van der Waals surface area contributed by atoms with Crippen molar-refractivity contribution in [2.75, 3.05) is 6.61 Å². The van der Waals surface area contributed by atoms with Crippen molar-refractivity contribution in [1.82, 2.24) is 0 Å². The summed E-state index contributed by atoms with van der Waals surface area (Å²) in [5.41, 5.74) is 0.318. The van der Waals surface area contributed by atoms with Gasteiger partial charge in [-0.1, -0.05) is 0 Å². The average molecular weight is 217 g/mol. The van der Waals surface area contributed by atoms with Gasteiger partial charge in [0, 0.05) is 12.0 Å². The Bertz CT molecular complexity index is 187. The van der Waals surface area contributed by atoms with Gasteiger partial charge in [0.25, 0.3) is 0 Å². The first-order valence-corrected chi connectivity index (χ1v) is 6.42. The van der Waals surface area contributed by atoms with E-state index in [2.05, 4.69) is 6.92 Å². The van der Waals surface area contributed by atoms with Crippen LogP contribution in [0.25, 0.3) is 0 Å². The molecule has 2 unspecified atom stereocenters. The van der Waals surface area contributed by atoms with E-state index in [0.717, 1.165) is 12.5 Å². The van der Waals surface area contributed by atoms with Crippen LogP contribution in [0.4, 0.5) is 0 Å². The van der Waals surface area contributed by atoms with E-state index in [9.17, 15) is 0 Å². The summed E-state index contributed by atoms with van der Waals surface area (Å²) in [6.07, 6.45) is 9.01. The molecule has 2 atom stereocenters. The molecule has 1 spiro atoms. The number of hydrogen-bond donors (Lipinski definition) is 0. The SMILES string of the molecule is CC(Cl)CCC1CCOC2(CCC2)C1. The molecule has 2 rings (SSSR count). The lowest BCUT2D eigenvalue weighted by atomic mass is 9.71. The topological polar surface area (TPSA) is 9.23 Å². The summed E-state index contributed by atoms with van der Waals surface area (Å²) >= 11 is 5.98. The van der Waals surface area contributed by atoms with Crippen LogP contribution in [0.3, 0.4) is 0 Å². The van der Waals surface area contributed by atoms with Gasteiger partial charge in [-0.05, 0) is 57.8 Å². The summed E-state index contributed by atoms with van der Waals surface area (Å²) in [7, 11) is 0. The third-order valence-electron chi connectivity index (χ3n) is 3.83. The normalized spacial score (nSPS) is 32.6. The molecule has 2 heteroatoms. The highest BCUT2D eigenvalue weighted by Gasteiger charge is 2.42. The zero-order chi connectivity index (χ0) is 10.0. The summed E-state index contributed by atoms with van der Waals surface area (Å²) < 4.78 is 5.91. The van der Waals surface area contributed by atoms with Gasteiger partial charge in [0.05, 0.1) is 5.60 Å². The minimum absolute atomic E-state index is 0.318. The van der Waals surface area contributed by atoms with Gasteiger partial charge >= 0.3 is 0 Å². The van der Waals surface area contributed by atoms with Crippen LogP contribution in [-0.4, -0.2) is 17.6 Å². The number of halogens is 1. The van der Waals surface area contributed by atoms with E-state index in [1.165, 1.54) is 44.9 Å². The van der Waals surface area contributed by atoms with Crippen molar-refractivity contribution in [3.63, 3.8) is 0 Å². The highest BCUT2D eigenvalue weighted by Crippen LogP contribution is 2.45. The van der Waals surface area contributed by atoms with Crippen molar-refractivity contribution in [1.29, 1.82) is 0 Å². The van der Waals surface area contributed by atoms with E-state index in [0.29, 0.717) is 11.0 Å². The molecule has 1 aliphatic heterocycles. The van der Waals surface area contributed by atoms with Crippen LogP contribution in [0.1, 0.15) is 51.9 Å². The molecule has 0 amide bonds. The van der Waals surface area contributed by atoms with E-state index in [1.54, 1.807) is 0 Å². The zero-order valence-electron chi connectivity index (χ0n) is 9.10. The van der Waals surface area contributed by atoms with Crippen molar-refractivity contribution in [3.8, 4) is 0 Å². The Hall–Kier alpha value is 0.250. The van der Waals surface area contributed by atoms with Crippen LogP contribution in [0.5, 0.6) is 0 Å². The highest BCUT2D eigenvalue weighted by molar-refractivity contribution is 6.20. The Balaban J connectivity index is 1.76. The molecule has 2 aliphatic rings. The molecule has 0 aromatic carbocycles. The molecule has 82 valence electrons. The lowest BCUT2D eigenvalue weighted by Gasteiger charge is -2.47. The Morgan fingerprint density at radius 1 is 1.50 bits per heavy atom. The summed E-state index contributed by atoms with van der Waals surface area (Å²) in [5, 5.41) is 0.343. The molecule has 1 nitrogen and oxygen atoms in total. The van der Waals surface area contributed by atoms with E-state index >= 15 is 0 Å². The predicted molar refractivity (Wildman–Crippen MR) is 59.8 cm³/mol. The molecule has 1 saturated carbocycles. The van der Waals surface area contributed by atoms with Crippen molar-refractivity contribution in [2.45, 2.75) is 62.8 Å². The van der Waals surface area contributed by atoms with Crippen LogP contribution in [0, 0.1) is 5.92 Å². The zero-order valence-corrected chi connectivity index (χ0v) is 9.85. The molecule has 0 aromatic rings. The minimum Gasteiger partial charge on any atom is -0.375 e. The van der Waals surface area contributed by atoms with Gasteiger partial charge in [0.2, 0.25) is 0 Å². The van der Waals surface area contributed by atoms with Crippen LogP contribution < -0.4 is 0 Å². The van der Waals surface area contributed by atoms with E-state index in [4.69, 9.17) is 16.3 Å². The summed E-state index contributed by atoms with van der Waals surface area (Å²) in [5.74, 6) is 0.880. The van der Waals surface area contributed by atoms with Gasteiger partial charge in [-0.2, -0.15) is 0 Å². The lowest BCUT2D eigenvalue weighted by molar-refractivity contribution is -0.144. The maximum absolute atomic E-state index is 5.98. The fourth-order valence-corrected chi connectivity index (χ4v) is 2.89. The van der Waals surface area contributed by atoms with Gasteiger partial charge in [0.15, 0.2) is 0 Å². The van der Waals surface area contributed by atoms with Crippen LogP contribution >= 0.6 is 11.6 Å². The van der Waals surface area contributed by atoms with Gasteiger partial charge in [-0.25, -0.2) is 0 Å². The molecule has 1 heterocycles. The van der Waals surface area contributed by atoms with Gasteiger partial charge in [-0.15, -0.1) is 11.6 Å². The molecular formula is C12H21ClO. The molecule has 0 N–H and O–H groups in total. The first-order valence-electron chi connectivity index (χ1n) is 5.98. The first-order chi connectivity index (χ1) is 6.70. The Kier molecular flexibility index (Phi) is 3.38. The summed E-state index contributed by atoms with van der Waals surface area (Å²) in [6.45, 7) is 3.08. The highest BCUT2D eigenvalue weighted by atomic mass is 35.5. The van der Waals surface area contributed by atoms with Crippen LogP contribution in [0.2, 0.25) is 0 Å². The fourth-order valence-electron chi connectivity index (χ4n) is 2.76. The number of ether oxygens (including phenoxy) is 1. The van der Waals surface area contributed by atoms with Gasteiger partial charge in [-0.3, -0.25) is 0 Å². The lowest BCUT2D eigenvalue weighted by Crippen LogP contribution is -2.45. The van der Waals surface area contributed by atoms with Crippen LogP contribution in [-0.2, 0) is 4.74 Å². The second kappa shape index (κ2) is 4.40. The molecule has 1 saturated heterocycles. The molecule has 1 aliphatic carbocycles. The van der Waals surface area contributed by atoms with Crippen molar-refractivity contribution >= 4 is 11.6 Å². The molecule has 2 fully saturated rings. The second-order valence-electron chi connectivity index (χ2n) is 5.10. The monoisotopic (exact) mass is 216 g/mol. The number of alkyl halides is 1. The Morgan fingerprint density at radius 3 is 2.86 bits per heavy atom. The van der Waals surface area contributed by atoms with E-state index < -0.39 is 0 Å². The van der Waals surface area contributed by atoms with E-state index in [-0.39, 0.29) is 0 Å². The van der Waals surface area contributed by atoms with Gasteiger partial charge < -0.3 is 4.74 Å². The maximum atomic E-state index is 5.98.